The van der Waals surface area contributed by atoms with Crippen molar-refractivity contribution in [3.63, 3.8) is 0 Å². The maximum atomic E-state index is 10.3. The summed E-state index contributed by atoms with van der Waals surface area (Å²) in [5.41, 5.74) is 3.98. The van der Waals surface area contributed by atoms with E-state index in [1.54, 1.807) is 12.1 Å². The van der Waals surface area contributed by atoms with Gasteiger partial charge in [-0.1, -0.05) is 25.0 Å². The molecule has 3 rings (SSSR count). The molecule has 2 aromatic carbocycles. The Hall–Kier alpha value is -2.16. The van der Waals surface area contributed by atoms with Crippen molar-refractivity contribution in [3.05, 3.63) is 41.0 Å². The number of aromatic hydroxyl groups is 3. The number of fused-ring (bicyclic) bond motifs is 1. The molecule has 0 radical (unpaired) electrons. The normalized spacial score (nSPS) is 17.7. The van der Waals surface area contributed by atoms with Crippen molar-refractivity contribution in [2.45, 2.75) is 46.5 Å². The van der Waals surface area contributed by atoms with E-state index < -0.39 is 0 Å². The largest absolute Gasteiger partial charge is 0.508 e. The average molecular weight is 312 g/mol. The van der Waals surface area contributed by atoms with Crippen molar-refractivity contribution in [1.82, 2.24) is 0 Å². The van der Waals surface area contributed by atoms with Gasteiger partial charge in [0.2, 0.25) is 0 Å². The Labute approximate surface area is 136 Å². The molecular formula is C20H24O3. The molecule has 0 heterocycles. The first-order chi connectivity index (χ1) is 10.7. The lowest BCUT2D eigenvalue weighted by atomic mass is 9.73. The third-order valence-corrected chi connectivity index (χ3v) is 4.97. The molecule has 0 aromatic heterocycles. The molecule has 23 heavy (non-hydrogen) atoms. The molecule has 0 unspecified atom stereocenters. The second-order valence-electron chi connectivity index (χ2n) is 7.57. The van der Waals surface area contributed by atoms with Crippen LogP contribution in [0.15, 0.2) is 35.4 Å². The number of phenols is 3. The Kier molecular flexibility index (Phi) is 3.75. The van der Waals surface area contributed by atoms with Gasteiger partial charge in [0.25, 0.3) is 0 Å². The van der Waals surface area contributed by atoms with Crippen molar-refractivity contribution in [2.24, 2.45) is 5.41 Å². The van der Waals surface area contributed by atoms with Gasteiger partial charge in [-0.05, 0) is 67.2 Å². The molecule has 0 bridgehead atoms. The van der Waals surface area contributed by atoms with E-state index >= 15 is 0 Å². The zero-order valence-corrected chi connectivity index (χ0v) is 14.0. The highest BCUT2D eigenvalue weighted by Crippen LogP contribution is 2.41. The second-order valence-corrected chi connectivity index (χ2v) is 7.57. The van der Waals surface area contributed by atoms with Crippen LogP contribution in [-0.4, -0.2) is 15.3 Å². The summed E-state index contributed by atoms with van der Waals surface area (Å²) in [6, 6.07) is 6.33. The van der Waals surface area contributed by atoms with Gasteiger partial charge in [-0.25, -0.2) is 0 Å². The molecule has 0 saturated carbocycles. The average Bonchev–Trinajstić information content (AvgIpc) is 2.42. The molecule has 3 N–H and O–H groups in total. The van der Waals surface area contributed by atoms with E-state index in [1.165, 1.54) is 17.2 Å². The van der Waals surface area contributed by atoms with E-state index in [0.29, 0.717) is 22.6 Å². The lowest BCUT2D eigenvalue weighted by molar-refractivity contribution is 0.312. The summed E-state index contributed by atoms with van der Waals surface area (Å²) in [5, 5.41) is 31.2. The Morgan fingerprint density at radius 1 is 1.00 bits per heavy atom. The van der Waals surface area contributed by atoms with Crippen LogP contribution in [0.2, 0.25) is 0 Å². The highest BCUT2D eigenvalue weighted by Gasteiger charge is 2.25. The van der Waals surface area contributed by atoms with Gasteiger partial charge in [0.15, 0.2) is 0 Å². The molecule has 3 heteroatoms. The lowest BCUT2D eigenvalue weighted by Crippen LogP contribution is -2.18. The summed E-state index contributed by atoms with van der Waals surface area (Å²) < 4.78 is 0. The zero-order valence-electron chi connectivity index (χ0n) is 14.0. The number of benzene rings is 2. The lowest BCUT2D eigenvalue weighted by Gasteiger charge is -2.32. The van der Waals surface area contributed by atoms with Crippen LogP contribution in [0.1, 0.15) is 45.6 Å². The zero-order chi connectivity index (χ0) is 16.8. The predicted molar refractivity (Wildman–Crippen MR) is 93.0 cm³/mol. The number of hydrogen-bond donors (Lipinski definition) is 3. The van der Waals surface area contributed by atoms with Gasteiger partial charge in [0, 0.05) is 11.5 Å². The summed E-state index contributed by atoms with van der Waals surface area (Å²) >= 11 is 0. The topological polar surface area (TPSA) is 60.7 Å². The summed E-state index contributed by atoms with van der Waals surface area (Å²) in [7, 11) is 0. The van der Waals surface area contributed by atoms with Gasteiger partial charge < -0.3 is 15.3 Å². The Morgan fingerprint density at radius 2 is 1.74 bits per heavy atom. The van der Waals surface area contributed by atoms with Gasteiger partial charge in [-0.15, -0.1) is 0 Å². The van der Waals surface area contributed by atoms with Crippen LogP contribution in [0.25, 0.3) is 10.8 Å². The van der Waals surface area contributed by atoms with Gasteiger partial charge in [0.1, 0.15) is 17.2 Å². The van der Waals surface area contributed by atoms with Crippen molar-refractivity contribution < 1.29 is 15.3 Å². The first-order valence-corrected chi connectivity index (χ1v) is 8.10. The van der Waals surface area contributed by atoms with Crippen molar-refractivity contribution >= 4 is 10.8 Å². The monoisotopic (exact) mass is 312 g/mol. The highest BCUT2D eigenvalue weighted by atomic mass is 16.3. The van der Waals surface area contributed by atoms with Gasteiger partial charge in [-0.3, -0.25) is 0 Å². The smallest absolute Gasteiger partial charge is 0.127 e. The van der Waals surface area contributed by atoms with Gasteiger partial charge in [-0.2, -0.15) is 0 Å². The van der Waals surface area contributed by atoms with Crippen LogP contribution >= 0.6 is 0 Å². The fourth-order valence-corrected chi connectivity index (χ4v) is 3.65. The fourth-order valence-electron chi connectivity index (χ4n) is 3.65. The van der Waals surface area contributed by atoms with E-state index in [9.17, 15) is 15.3 Å². The standard InChI is InChI=1S/C20H24O3/c1-12-11-20(2,3)5-4-13(12)6-15-8-17-14(9-18(15)22)7-16(21)10-19(17)23/h7-10,21-23H,4-6,11H2,1-3H3. The van der Waals surface area contributed by atoms with E-state index in [-0.39, 0.29) is 17.2 Å². The molecule has 122 valence electrons. The van der Waals surface area contributed by atoms with Crippen molar-refractivity contribution in [3.8, 4) is 17.2 Å². The quantitative estimate of drug-likeness (QED) is 0.682. The van der Waals surface area contributed by atoms with Crippen molar-refractivity contribution in [1.29, 1.82) is 0 Å². The molecule has 0 saturated heterocycles. The number of hydrogen-bond acceptors (Lipinski definition) is 3. The molecule has 0 fully saturated rings. The van der Waals surface area contributed by atoms with Crippen LogP contribution in [0.5, 0.6) is 17.2 Å². The van der Waals surface area contributed by atoms with Crippen LogP contribution in [0, 0.1) is 5.41 Å². The van der Waals surface area contributed by atoms with E-state index in [1.807, 2.05) is 6.07 Å². The molecule has 0 atom stereocenters. The Morgan fingerprint density at radius 3 is 2.43 bits per heavy atom. The summed E-state index contributed by atoms with van der Waals surface area (Å²) in [5.74, 6) is 0.250. The van der Waals surface area contributed by atoms with Gasteiger partial charge in [0.05, 0.1) is 0 Å². The van der Waals surface area contributed by atoms with Crippen LogP contribution < -0.4 is 0 Å². The number of phenolic OH excluding ortho intramolecular Hbond substituents is 3. The minimum atomic E-state index is -0.00443. The van der Waals surface area contributed by atoms with Crippen LogP contribution in [0.3, 0.4) is 0 Å². The van der Waals surface area contributed by atoms with E-state index in [4.69, 9.17) is 0 Å². The molecule has 0 aliphatic heterocycles. The third-order valence-electron chi connectivity index (χ3n) is 4.97. The first kappa shape index (κ1) is 15.7. The number of allylic oxidation sites excluding steroid dienone is 2. The summed E-state index contributed by atoms with van der Waals surface area (Å²) in [6.07, 6.45) is 4.02. The summed E-state index contributed by atoms with van der Waals surface area (Å²) in [6.45, 7) is 6.78. The second kappa shape index (κ2) is 5.48. The third kappa shape index (κ3) is 3.14. The van der Waals surface area contributed by atoms with Crippen LogP contribution in [0.4, 0.5) is 0 Å². The Balaban J connectivity index is 1.99. The van der Waals surface area contributed by atoms with Crippen molar-refractivity contribution in [2.75, 3.05) is 0 Å². The number of rotatable bonds is 2. The summed E-state index contributed by atoms with van der Waals surface area (Å²) in [4.78, 5) is 0. The minimum Gasteiger partial charge on any atom is -0.508 e. The molecule has 3 nitrogen and oxygen atoms in total. The van der Waals surface area contributed by atoms with Gasteiger partial charge >= 0.3 is 0 Å². The molecule has 1 aliphatic rings. The van der Waals surface area contributed by atoms with Crippen LogP contribution in [-0.2, 0) is 6.42 Å². The molecule has 0 spiro atoms. The molecular weight excluding hydrogens is 288 g/mol. The highest BCUT2D eigenvalue weighted by molar-refractivity contribution is 5.91. The maximum absolute atomic E-state index is 10.3. The molecule has 0 amide bonds. The fraction of sp³-hybridized carbons (Fsp3) is 0.400. The predicted octanol–water partition coefficient (Wildman–Crippen LogP) is 5.03. The molecule has 2 aromatic rings. The maximum Gasteiger partial charge on any atom is 0.127 e. The SMILES string of the molecule is CC1=C(Cc2cc3c(O)cc(O)cc3cc2O)CCC(C)(C)C1. The molecule has 1 aliphatic carbocycles. The Bertz CT molecular complexity index is 800. The first-order valence-electron chi connectivity index (χ1n) is 8.10. The van der Waals surface area contributed by atoms with E-state index in [0.717, 1.165) is 24.8 Å². The minimum absolute atomic E-state index is 0.00443. The van der Waals surface area contributed by atoms with E-state index in [2.05, 4.69) is 20.8 Å².